The third-order valence-corrected chi connectivity index (χ3v) is 5.21. The van der Waals surface area contributed by atoms with Gasteiger partial charge in [-0.15, -0.1) is 0 Å². The highest BCUT2D eigenvalue weighted by molar-refractivity contribution is 6.00. The normalized spacial score (nSPS) is 33.7. The number of hydrogen-bond donors (Lipinski definition) is 2. The number of ether oxygens (including phenoxy) is 1. The molecular weight excluding hydrogens is 266 g/mol. The van der Waals surface area contributed by atoms with Gasteiger partial charge in [-0.1, -0.05) is 13.8 Å². The van der Waals surface area contributed by atoms with Crippen molar-refractivity contribution in [1.29, 1.82) is 0 Å². The van der Waals surface area contributed by atoms with Gasteiger partial charge in [-0.2, -0.15) is 0 Å². The Bertz CT molecular complexity index is 572. The Labute approximate surface area is 125 Å². The third-order valence-electron chi connectivity index (χ3n) is 5.21. The SMILES string of the molecule is Cc1cc(NC(=O)C2(N)C3CCCOC3C2(C)C)ccn1. The van der Waals surface area contributed by atoms with Crippen LogP contribution >= 0.6 is 0 Å². The summed E-state index contributed by atoms with van der Waals surface area (Å²) in [5, 5.41) is 2.95. The summed E-state index contributed by atoms with van der Waals surface area (Å²) in [4.78, 5) is 16.9. The first kappa shape index (κ1) is 14.5. The number of fused-ring (bicyclic) bond motifs is 1. The van der Waals surface area contributed by atoms with Crippen LogP contribution in [0.1, 0.15) is 32.4 Å². The third kappa shape index (κ3) is 1.99. The smallest absolute Gasteiger partial charge is 0.245 e. The van der Waals surface area contributed by atoms with E-state index in [0.29, 0.717) is 0 Å². The quantitative estimate of drug-likeness (QED) is 0.871. The number of aryl methyl sites for hydroxylation is 1. The molecule has 2 heterocycles. The molecule has 1 saturated carbocycles. The van der Waals surface area contributed by atoms with Gasteiger partial charge in [-0.05, 0) is 31.9 Å². The molecule has 0 aromatic carbocycles. The Morgan fingerprint density at radius 2 is 2.29 bits per heavy atom. The van der Waals surface area contributed by atoms with E-state index in [2.05, 4.69) is 10.3 Å². The molecule has 2 fully saturated rings. The Morgan fingerprint density at radius 1 is 1.52 bits per heavy atom. The number of aromatic nitrogens is 1. The standard InChI is InChI=1S/C16H23N3O2/c1-10-9-11(6-7-18-10)19-14(20)16(17)12-5-4-8-21-13(12)15(16,2)3/h6-7,9,12-13H,4-5,8,17H2,1-3H3,(H,18,19,20). The van der Waals surface area contributed by atoms with Gasteiger partial charge in [-0.25, -0.2) is 0 Å². The molecule has 3 atom stereocenters. The summed E-state index contributed by atoms with van der Waals surface area (Å²) in [5.74, 6) is -0.0194. The van der Waals surface area contributed by atoms with E-state index in [9.17, 15) is 4.79 Å². The van der Waals surface area contributed by atoms with Gasteiger partial charge in [0.15, 0.2) is 0 Å². The Kier molecular flexibility index (Phi) is 3.30. The van der Waals surface area contributed by atoms with Crippen molar-refractivity contribution in [2.45, 2.75) is 45.3 Å². The van der Waals surface area contributed by atoms with E-state index < -0.39 is 5.54 Å². The van der Waals surface area contributed by atoms with Gasteiger partial charge < -0.3 is 15.8 Å². The lowest BCUT2D eigenvalue weighted by Gasteiger charge is -2.65. The Hall–Kier alpha value is -1.46. The monoisotopic (exact) mass is 289 g/mol. The maximum absolute atomic E-state index is 12.8. The summed E-state index contributed by atoms with van der Waals surface area (Å²) >= 11 is 0. The number of nitrogens with two attached hydrogens (primary N) is 1. The molecule has 3 unspecified atom stereocenters. The molecule has 1 aliphatic heterocycles. The zero-order chi connectivity index (χ0) is 15.3. The summed E-state index contributed by atoms with van der Waals surface area (Å²) in [7, 11) is 0. The minimum absolute atomic E-state index is 0.0844. The fourth-order valence-electron chi connectivity index (χ4n) is 3.89. The zero-order valence-electron chi connectivity index (χ0n) is 12.8. The molecule has 21 heavy (non-hydrogen) atoms. The van der Waals surface area contributed by atoms with E-state index in [1.54, 1.807) is 12.3 Å². The fraction of sp³-hybridized carbons (Fsp3) is 0.625. The number of hydrogen-bond acceptors (Lipinski definition) is 4. The second-order valence-electron chi connectivity index (χ2n) is 6.77. The second kappa shape index (κ2) is 4.78. The van der Waals surface area contributed by atoms with Crippen molar-refractivity contribution < 1.29 is 9.53 Å². The van der Waals surface area contributed by atoms with Crippen LogP contribution in [0, 0.1) is 18.3 Å². The van der Waals surface area contributed by atoms with Gasteiger partial charge in [0.1, 0.15) is 5.54 Å². The van der Waals surface area contributed by atoms with Crippen molar-refractivity contribution in [1.82, 2.24) is 4.98 Å². The van der Waals surface area contributed by atoms with Crippen LogP contribution in [0.5, 0.6) is 0 Å². The van der Waals surface area contributed by atoms with Gasteiger partial charge in [0.05, 0.1) is 6.10 Å². The van der Waals surface area contributed by atoms with E-state index in [0.717, 1.165) is 30.8 Å². The van der Waals surface area contributed by atoms with Crippen molar-refractivity contribution in [2.75, 3.05) is 11.9 Å². The van der Waals surface area contributed by atoms with Crippen molar-refractivity contribution in [3.05, 3.63) is 24.0 Å². The highest BCUT2D eigenvalue weighted by Gasteiger charge is 2.70. The number of nitrogens with one attached hydrogen (secondary N) is 1. The molecule has 1 amide bonds. The molecule has 5 nitrogen and oxygen atoms in total. The number of carbonyl (C=O) groups excluding carboxylic acids is 1. The van der Waals surface area contributed by atoms with Crippen molar-refractivity contribution in [2.24, 2.45) is 17.1 Å². The van der Waals surface area contributed by atoms with Crippen molar-refractivity contribution >= 4 is 11.6 Å². The number of rotatable bonds is 2. The van der Waals surface area contributed by atoms with Gasteiger partial charge in [0, 0.05) is 35.5 Å². The lowest BCUT2D eigenvalue weighted by molar-refractivity contribution is -0.222. The topological polar surface area (TPSA) is 77.2 Å². The average molecular weight is 289 g/mol. The molecule has 3 rings (SSSR count). The highest BCUT2D eigenvalue weighted by atomic mass is 16.5. The number of pyridine rings is 1. The second-order valence-corrected chi connectivity index (χ2v) is 6.77. The molecule has 5 heteroatoms. The van der Waals surface area contributed by atoms with E-state index in [-0.39, 0.29) is 23.3 Å². The van der Waals surface area contributed by atoms with Crippen molar-refractivity contribution in [3.63, 3.8) is 0 Å². The maximum atomic E-state index is 12.8. The molecule has 1 aliphatic carbocycles. The molecule has 1 aromatic heterocycles. The number of carbonyl (C=O) groups is 1. The van der Waals surface area contributed by atoms with E-state index in [1.165, 1.54) is 0 Å². The first-order valence-electron chi connectivity index (χ1n) is 7.52. The van der Waals surface area contributed by atoms with E-state index >= 15 is 0 Å². The largest absolute Gasteiger partial charge is 0.377 e. The lowest BCUT2D eigenvalue weighted by atomic mass is 9.46. The number of anilines is 1. The molecule has 3 N–H and O–H groups in total. The molecule has 0 bridgehead atoms. The van der Waals surface area contributed by atoms with Gasteiger partial charge in [0.2, 0.25) is 5.91 Å². The molecule has 2 aliphatic rings. The van der Waals surface area contributed by atoms with Crippen LogP contribution in [0.25, 0.3) is 0 Å². The summed E-state index contributed by atoms with van der Waals surface area (Å²) in [6, 6.07) is 3.64. The van der Waals surface area contributed by atoms with Crippen LogP contribution in [-0.4, -0.2) is 29.1 Å². The minimum Gasteiger partial charge on any atom is -0.377 e. The summed E-state index contributed by atoms with van der Waals surface area (Å²) in [5.41, 5.74) is 6.93. The predicted octanol–water partition coefficient (Wildman–Crippen LogP) is 1.86. The van der Waals surface area contributed by atoms with Crippen LogP contribution in [0.2, 0.25) is 0 Å². The molecular formula is C16H23N3O2. The van der Waals surface area contributed by atoms with Crippen LogP contribution in [-0.2, 0) is 9.53 Å². The molecule has 0 spiro atoms. The number of nitrogens with zero attached hydrogens (tertiary/aromatic N) is 1. The number of amides is 1. The Balaban J connectivity index is 1.83. The van der Waals surface area contributed by atoms with Crippen LogP contribution in [0.15, 0.2) is 18.3 Å². The van der Waals surface area contributed by atoms with E-state index in [4.69, 9.17) is 10.5 Å². The molecule has 1 aromatic rings. The predicted molar refractivity (Wildman–Crippen MR) is 80.8 cm³/mol. The highest BCUT2D eigenvalue weighted by Crippen LogP contribution is 2.57. The lowest BCUT2D eigenvalue weighted by Crippen LogP contribution is -2.81. The molecule has 1 saturated heterocycles. The van der Waals surface area contributed by atoms with Gasteiger partial charge in [-0.3, -0.25) is 9.78 Å². The first-order chi connectivity index (χ1) is 9.87. The summed E-state index contributed by atoms with van der Waals surface area (Å²) in [6.07, 6.45) is 3.69. The van der Waals surface area contributed by atoms with Crippen LogP contribution in [0.4, 0.5) is 5.69 Å². The zero-order valence-corrected chi connectivity index (χ0v) is 12.8. The average Bonchev–Trinajstić information content (AvgIpc) is 2.46. The molecule has 114 valence electrons. The molecule has 0 radical (unpaired) electrons. The van der Waals surface area contributed by atoms with E-state index in [1.807, 2.05) is 26.8 Å². The Morgan fingerprint density at radius 3 is 3.00 bits per heavy atom. The van der Waals surface area contributed by atoms with Crippen LogP contribution in [0.3, 0.4) is 0 Å². The van der Waals surface area contributed by atoms with Gasteiger partial charge >= 0.3 is 0 Å². The van der Waals surface area contributed by atoms with Crippen LogP contribution < -0.4 is 11.1 Å². The maximum Gasteiger partial charge on any atom is 0.245 e. The minimum atomic E-state index is -0.880. The summed E-state index contributed by atoms with van der Waals surface area (Å²) in [6.45, 7) is 6.71. The van der Waals surface area contributed by atoms with Gasteiger partial charge in [0.25, 0.3) is 0 Å². The first-order valence-corrected chi connectivity index (χ1v) is 7.52. The van der Waals surface area contributed by atoms with Crippen molar-refractivity contribution in [3.8, 4) is 0 Å². The fourth-order valence-corrected chi connectivity index (χ4v) is 3.89. The summed E-state index contributed by atoms with van der Waals surface area (Å²) < 4.78 is 5.84.